The fourth-order valence-electron chi connectivity index (χ4n) is 5.00. The van der Waals surface area contributed by atoms with Crippen molar-refractivity contribution in [1.29, 1.82) is 0 Å². The molecule has 9 nitrogen and oxygen atoms in total. The van der Waals surface area contributed by atoms with Gasteiger partial charge in [-0.3, -0.25) is 4.79 Å². The highest BCUT2D eigenvalue weighted by Crippen LogP contribution is 2.39. The fourth-order valence-corrected chi connectivity index (χ4v) is 5.82. The van der Waals surface area contributed by atoms with Gasteiger partial charge in [0.2, 0.25) is 15.9 Å². The molecule has 1 saturated carbocycles. The Labute approximate surface area is 177 Å². The zero-order valence-corrected chi connectivity index (χ0v) is 18.4. The Bertz CT molecular complexity index is 885. The molecule has 2 fully saturated rings. The van der Waals surface area contributed by atoms with E-state index < -0.39 is 10.0 Å². The first-order valence-electron chi connectivity index (χ1n) is 10.6. The lowest BCUT2D eigenvalue weighted by Gasteiger charge is -2.41. The monoisotopic (exact) mass is 438 g/mol. The number of fused-ring (bicyclic) bond motifs is 5. The molecule has 4 aliphatic rings. The number of nitrogens with one attached hydrogen (secondary N) is 1. The summed E-state index contributed by atoms with van der Waals surface area (Å²) < 4.78 is 38.6. The number of carbonyl (C=O) groups excluding carboxylic acids is 1. The molecule has 1 unspecified atom stereocenters. The second-order valence-electron chi connectivity index (χ2n) is 8.57. The summed E-state index contributed by atoms with van der Waals surface area (Å²) >= 11 is 0. The topological polar surface area (TPSA) is 111 Å². The third-order valence-corrected chi connectivity index (χ3v) is 7.16. The number of hydrogen-bond donors (Lipinski definition) is 1. The first kappa shape index (κ1) is 21.5. The van der Waals surface area contributed by atoms with Crippen LogP contribution in [0.5, 0.6) is 5.88 Å². The van der Waals surface area contributed by atoms with Crippen molar-refractivity contribution in [3.63, 3.8) is 0 Å². The van der Waals surface area contributed by atoms with Crippen LogP contribution in [0, 0.1) is 6.92 Å². The van der Waals surface area contributed by atoms with Crippen molar-refractivity contribution in [2.24, 2.45) is 0 Å². The molecule has 1 aliphatic carbocycles. The number of rotatable bonds is 2. The second-order valence-corrected chi connectivity index (χ2v) is 10.3. The average Bonchev–Trinajstić information content (AvgIpc) is 2.71. The molecule has 0 aromatic carbocycles. The summed E-state index contributed by atoms with van der Waals surface area (Å²) in [6.45, 7) is 2.69. The third-order valence-electron chi connectivity index (χ3n) is 6.43. The van der Waals surface area contributed by atoms with E-state index in [1.807, 2.05) is 6.92 Å². The highest BCUT2D eigenvalue weighted by molar-refractivity contribution is 7.88. The normalized spacial score (nSPS) is 30.3. The molecule has 166 valence electrons. The van der Waals surface area contributed by atoms with Crippen LogP contribution >= 0.6 is 0 Å². The van der Waals surface area contributed by atoms with E-state index in [4.69, 9.17) is 9.47 Å². The highest BCUT2D eigenvalue weighted by Gasteiger charge is 2.38. The van der Waals surface area contributed by atoms with Gasteiger partial charge in [-0.1, -0.05) is 0 Å². The molecule has 1 aromatic rings. The number of ether oxygens (including phenoxy) is 2. The van der Waals surface area contributed by atoms with Gasteiger partial charge in [0, 0.05) is 23.8 Å². The van der Waals surface area contributed by atoms with E-state index >= 15 is 0 Å². The van der Waals surface area contributed by atoms with Gasteiger partial charge in [0.1, 0.15) is 6.33 Å². The maximum atomic E-state index is 13.1. The number of piperidine rings is 1. The molecule has 1 amide bonds. The summed E-state index contributed by atoms with van der Waals surface area (Å²) in [5.41, 5.74) is 1.88. The molecule has 5 rings (SSSR count). The Hall–Kier alpha value is -1.78. The third kappa shape index (κ3) is 4.76. The van der Waals surface area contributed by atoms with E-state index in [1.165, 1.54) is 6.33 Å². The number of sulfonamides is 1. The number of hydrogen-bond acceptors (Lipinski definition) is 7. The lowest BCUT2D eigenvalue weighted by Crippen LogP contribution is -2.59. The van der Waals surface area contributed by atoms with Crippen molar-refractivity contribution in [2.45, 2.75) is 69.6 Å². The largest absolute Gasteiger partial charge is 0.467 e. The van der Waals surface area contributed by atoms with Crippen molar-refractivity contribution in [1.82, 2.24) is 19.6 Å². The number of carbonyl (C=O) groups is 1. The van der Waals surface area contributed by atoms with Crippen molar-refractivity contribution in [2.75, 3.05) is 26.0 Å². The minimum atomic E-state index is -3.40. The van der Waals surface area contributed by atoms with E-state index in [9.17, 15) is 13.2 Å². The zero-order valence-electron chi connectivity index (χ0n) is 17.5. The Morgan fingerprint density at radius 1 is 1.17 bits per heavy atom. The number of aromatic nitrogens is 2. The molecule has 0 radical (unpaired) electrons. The van der Waals surface area contributed by atoms with Crippen molar-refractivity contribution in [3.05, 3.63) is 17.6 Å². The van der Waals surface area contributed by atoms with Crippen LogP contribution in [0.15, 0.2) is 6.33 Å². The number of amides is 1. The molecule has 0 spiro atoms. The summed E-state index contributed by atoms with van der Waals surface area (Å²) in [6.07, 6.45) is 7.83. The maximum absolute atomic E-state index is 13.1. The van der Waals surface area contributed by atoms with E-state index in [0.717, 1.165) is 49.6 Å². The van der Waals surface area contributed by atoms with Crippen LogP contribution in [-0.4, -0.2) is 73.4 Å². The lowest BCUT2D eigenvalue weighted by atomic mass is 9.82. The van der Waals surface area contributed by atoms with Crippen LogP contribution < -0.4 is 9.46 Å². The average molecular weight is 439 g/mol. The summed E-state index contributed by atoms with van der Waals surface area (Å²) in [6, 6.07) is -0.717. The van der Waals surface area contributed by atoms with Gasteiger partial charge in [-0.05, 0) is 51.4 Å². The van der Waals surface area contributed by atoms with Crippen molar-refractivity contribution in [3.8, 4) is 5.88 Å². The molecule has 1 saturated heterocycles. The predicted molar refractivity (Wildman–Crippen MR) is 110 cm³/mol. The fraction of sp³-hybridized carbons (Fsp3) is 0.750. The Morgan fingerprint density at radius 2 is 1.93 bits per heavy atom. The molecular formula is C20H30N4O5S. The summed E-state index contributed by atoms with van der Waals surface area (Å²) in [5, 5.41) is 0. The number of nitrogens with zero attached hydrogens (tertiary/aromatic N) is 3. The minimum Gasteiger partial charge on any atom is -0.467 e. The van der Waals surface area contributed by atoms with E-state index in [0.29, 0.717) is 31.4 Å². The molecule has 1 aromatic heterocycles. The van der Waals surface area contributed by atoms with Gasteiger partial charge in [0.05, 0.1) is 25.0 Å². The van der Waals surface area contributed by atoms with E-state index in [-0.39, 0.29) is 30.7 Å². The van der Waals surface area contributed by atoms with Gasteiger partial charge in [-0.15, -0.1) is 0 Å². The molecule has 3 aliphatic heterocycles. The van der Waals surface area contributed by atoms with Gasteiger partial charge in [0.15, 0.2) is 6.61 Å². The van der Waals surface area contributed by atoms with Crippen LogP contribution in [-0.2, 0) is 19.6 Å². The van der Waals surface area contributed by atoms with Crippen LogP contribution in [0.4, 0.5) is 0 Å². The molecule has 10 heteroatoms. The van der Waals surface area contributed by atoms with E-state index in [1.54, 1.807) is 4.90 Å². The first-order chi connectivity index (χ1) is 14.3. The quantitative estimate of drug-likeness (QED) is 0.737. The SMILES string of the molecule is Cc1ncnc2c1C1CCC(CC1)OC[C@H]1C(NS(C)(=O)=O)CCCN1C(=O)CO2. The predicted octanol–water partition coefficient (Wildman–Crippen LogP) is 1.13. The maximum Gasteiger partial charge on any atom is 0.260 e. The lowest BCUT2D eigenvalue weighted by molar-refractivity contribution is -0.140. The van der Waals surface area contributed by atoms with Crippen LogP contribution in [0.1, 0.15) is 55.7 Å². The van der Waals surface area contributed by atoms with Gasteiger partial charge in [0.25, 0.3) is 5.91 Å². The Morgan fingerprint density at radius 3 is 2.67 bits per heavy atom. The Kier molecular flexibility index (Phi) is 6.26. The van der Waals surface area contributed by atoms with Gasteiger partial charge < -0.3 is 14.4 Å². The van der Waals surface area contributed by atoms with Crippen LogP contribution in [0.2, 0.25) is 0 Å². The molecule has 1 N–H and O–H groups in total. The standard InChI is InChI=1S/C20H30N4O5S/c1-13-19-14-5-7-15(8-6-14)28-10-17-16(23-30(2,26)27)4-3-9-24(17)18(25)11-29-20(19)22-12-21-13/h12,14-17,23H,3-11H2,1-2H3/t14?,15?,16?,17-/m0/s1. The van der Waals surface area contributed by atoms with Crippen molar-refractivity contribution >= 4 is 15.9 Å². The van der Waals surface area contributed by atoms with Crippen LogP contribution in [0.25, 0.3) is 0 Å². The second kappa shape index (κ2) is 8.76. The van der Waals surface area contributed by atoms with E-state index in [2.05, 4.69) is 14.7 Å². The van der Waals surface area contributed by atoms with Gasteiger partial charge in [-0.2, -0.15) is 0 Å². The summed E-state index contributed by atoms with van der Waals surface area (Å²) in [5.74, 6) is 0.593. The number of aryl methyl sites for hydroxylation is 1. The Balaban J connectivity index is 1.63. The first-order valence-corrected chi connectivity index (χ1v) is 12.5. The summed E-state index contributed by atoms with van der Waals surface area (Å²) in [4.78, 5) is 23.4. The van der Waals surface area contributed by atoms with Crippen molar-refractivity contribution < 1.29 is 22.7 Å². The van der Waals surface area contributed by atoms with Gasteiger partial charge >= 0.3 is 0 Å². The molecule has 2 bridgehead atoms. The molecule has 4 heterocycles. The molecule has 30 heavy (non-hydrogen) atoms. The summed E-state index contributed by atoms with van der Waals surface area (Å²) in [7, 11) is -3.40. The molecule has 2 atom stereocenters. The minimum absolute atomic E-state index is 0.106. The highest BCUT2D eigenvalue weighted by atomic mass is 32.2. The smallest absolute Gasteiger partial charge is 0.260 e. The van der Waals surface area contributed by atoms with Gasteiger partial charge in [-0.25, -0.2) is 23.1 Å². The molecular weight excluding hydrogens is 408 g/mol. The zero-order chi connectivity index (χ0) is 21.3. The van der Waals surface area contributed by atoms with Crippen LogP contribution in [0.3, 0.4) is 0 Å².